The zero-order chi connectivity index (χ0) is 19.9. The van der Waals surface area contributed by atoms with E-state index < -0.39 is 0 Å². The highest BCUT2D eigenvalue weighted by atomic mass is 16.2. The first-order valence-corrected chi connectivity index (χ1v) is 10.7. The van der Waals surface area contributed by atoms with Crippen molar-refractivity contribution in [1.82, 2.24) is 14.7 Å². The zero-order valence-corrected chi connectivity index (χ0v) is 17.3. The summed E-state index contributed by atoms with van der Waals surface area (Å²) in [5.74, 6) is 0.295. The van der Waals surface area contributed by atoms with Crippen LogP contribution < -0.4 is 5.32 Å². The summed E-state index contributed by atoms with van der Waals surface area (Å²) in [7, 11) is 0. The van der Waals surface area contributed by atoms with Crippen LogP contribution in [0, 0.1) is 6.92 Å². The van der Waals surface area contributed by atoms with Crippen molar-refractivity contribution >= 4 is 17.5 Å². The predicted octanol–water partition coefficient (Wildman–Crippen LogP) is 2.34. The Balaban J connectivity index is 1.44. The van der Waals surface area contributed by atoms with Crippen LogP contribution in [-0.4, -0.2) is 78.4 Å². The van der Waals surface area contributed by atoms with Gasteiger partial charge >= 0.3 is 0 Å². The van der Waals surface area contributed by atoms with Crippen LogP contribution in [0.1, 0.15) is 38.2 Å². The molecule has 28 heavy (non-hydrogen) atoms. The second-order valence-corrected chi connectivity index (χ2v) is 8.09. The third kappa shape index (κ3) is 5.55. The van der Waals surface area contributed by atoms with Gasteiger partial charge in [-0.15, -0.1) is 0 Å². The van der Waals surface area contributed by atoms with Crippen molar-refractivity contribution in [3.63, 3.8) is 0 Å². The Morgan fingerprint density at radius 2 is 1.61 bits per heavy atom. The number of amides is 2. The van der Waals surface area contributed by atoms with E-state index in [2.05, 4.69) is 15.1 Å². The lowest BCUT2D eigenvalue weighted by molar-refractivity contribution is -0.133. The van der Waals surface area contributed by atoms with Gasteiger partial charge in [-0.25, -0.2) is 0 Å². The number of rotatable bonds is 5. The predicted molar refractivity (Wildman–Crippen MR) is 112 cm³/mol. The lowest BCUT2D eigenvalue weighted by atomic mass is 10.1. The first kappa shape index (κ1) is 20.8. The number of hydrogen-bond acceptors (Lipinski definition) is 4. The van der Waals surface area contributed by atoms with Crippen LogP contribution in [0.15, 0.2) is 24.3 Å². The Bertz CT molecular complexity index is 662. The van der Waals surface area contributed by atoms with E-state index >= 15 is 0 Å². The molecule has 6 heteroatoms. The van der Waals surface area contributed by atoms with Gasteiger partial charge in [0.2, 0.25) is 11.8 Å². The molecular formula is C22H34N4O2. The third-order valence-corrected chi connectivity index (χ3v) is 6.05. The van der Waals surface area contributed by atoms with Crippen molar-refractivity contribution in [1.29, 1.82) is 0 Å². The van der Waals surface area contributed by atoms with E-state index in [0.717, 1.165) is 63.4 Å². The average molecular weight is 387 g/mol. The molecule has 0 unspecified atom stereocenters. The highest BCUT2D eigenvalue weighted by molar-refractivity contribution is 5.95. The molecule has 1 N–H and O–H groups in total. The highest BCUT2D eigenvalue weighted by Gasteiger charge is 2.27. The van der Waals surface area contributed by atoms with Crippen LogP contribution in [0.3, 0.4) is 0 Å². The largest absolute Gasteiger partial charge is 0.342 e. The normalized spacial score (nSPS) is 20.4. The summed E-state index contributed by atoms with van der Waals surface area (Å²) in [5.41, 5.74) is 1.95. The van der Waals surface area contributed by atoms with E-state index in [4.69, 9.17) is 0 Å². The monoisotopic (exact) mass is 386 g/mol. The van der Waals surface area contributed by atoms with E-state index in [1.54, 1.807) is 0 Å². The van der Waals surface area contributed by atoms with E-state index in [1.807, 2.05) is 43.0 Å². The van der Waals surface area contributed by atoms with Crippen molar-refractivity contribution < 1.29 is 9.59 Å². The van der Waals surface area contributed by atoms with Crippen LogP contribution >= 0.6 is 0 Å². The molecule has 0 spiro atoms. The molecule has 1 atom stereocenters. The molecule has 0 saturated carbocycles. The molecule has 2 fully saturated rings. The first-order chi connectivity index (χ1) is 13.5. The van der Waals surface area contributed by atoms with Gasteiger partial charge in [0.1, 0.15) is 0 Å². The van der Waals surface area contributed by atoms with E-state index in [-0.39, 0.29) is 17.9 Å². The van der Waals surface area contributed by atoms with Gasteiger partial charge in [-0.05, 0) is 38.3 Å². The molecular weight excluding hydrogens is 352 g/mol. The van der Waals surface area contributed by atoms with Gasteiger partial charge in [-0.3, -0.25) is 19.4 Å². The maximum Gasteiger partial charge on any atom is 0.241 e. The molecule has 6 nitrogen and oxygen atoms in total. The molecule has 2 saturated heterocycles. The molecule has 2 aliphatic heterocycles. The number of para-hydroxylation sites is 1. The summed E-state index contributed by atoms with van der Waals surface area (Å²) in [6.45, 7) is 9.60. The molecule has 0 radical (unpaired) electrons. The zero-order valence-electron chi connectivity index (χ0n) is 17.3. The van der Waals surface area contributed by atoms with Crippen molar-refractivity contribution in [3.8, 4) is 0 Å². The van der Waals surface area contributed by atoms with E-state index in [9.17, 15) is 9.59 Å². The minimum Gasteiger partial charge on any atom is -0.342 e. The molecule has 2 amide bonds. The first-order valence-electron chi connectivity index (χ1n) is 10.7. The Labute approximate surface area is 168 Å². The van der Waals surface area contributed by atoms with E-state index in [0.29, 0.717) is 6.54 Å². The lowest BCUT2D eigenvalue weighted by Crippen LogP contribution is -2.54. The summed E-state index contributed by atoms with van der Waals surface area (Å²) >= 11 is 0. The summed E-state index contributed by atoms with van der Waals surface area (Å²) in [6.07, 6.45) is 4.75. The SMILES string of the molecule is Cc1ccccc1NC(=O)[C@@H](C)N1CCN(CC(=O)N2CCCCCC2)CC1. The lowest BCUT2D eigenvalue weighted by Gasteiger charge is -2.37. The summed E-state index contributed by atoms with van der Waals surface area (Å²) in [4.78, 5) is 31.7. The van der Waals surface area contributed by atoms with Crippen LogP contribution in [0.2, 0.25) is 0 Å². The fourth-order valence-electron chi connectivity index (χ4n) is 4.04. The minimum absolute atomic E-state index is 0.0309. The number of carbonyl (C=O) groups is 2. The van der Waals surface area contributed by atoms with Crippen molar-refractivity contribution in [2.75, 3.05) is 51.1 Å². The fourth-order valence-corrected chi connectivity index (χ4v) is 4.04. The summed E-state index contributed by atoms with van der Waals surface area (Å²) < 4.78 is 0. The molecule has 0 aliphatic carbocycles. The van der Waals surface area contributed by atoms with Crippen LogP contribution in [0.4, 0.5) is 5.69 Å². The van der Waals surface area contributed by atoms with Gasteiger partial charge in [-0.1, -0.05) is 31.0 Å². The number of carbonyl (C=O) groups excluding carboxylic acids is 2. The van der Waals surface area contributed by atoms with Crippen LogP contribution in [-0.2, 0) is 9.59 Å². The second kappa shape index (κ2) is 10.0. The van der Waals surface area contributed by atoms with Crippen molar-refractivity contribution in [2.45, 2.75) is 45.6 Å². The van der Waals surface area contributed by atoms with E-state index in [1.165, 1.54) is 12.8 Å². The summed E-state index contributed by atoms with van der Waals surface area (Å²) in [5, 5.41) is 3.04. The molecule has 3 rings (SSSR count). The molecule has 1 aromatic carbocycles. The Hall–Kier alpha value is -1.92. The molecule has 154 valence electrons. The highest BCUT2D eigenvalue weighted by Crippen LogP contribution is 2.15. The standard InChI is InChI=1S/C22H34N4O2/c1-18-9-5-6-10-20(18)23-22(28)19(2)25-15-13-24(14-16-25)17-21(27)26-11-7-3-4-8-12-26/h5-6,9-10,19H,3-4,7-8,11-17H2,1-2H3,(H,23,28)/t19-/m1/s1. The third-order valence-electron chi connectivity index (χ3n) is 6.05. The topological polar surface area (TPSA) is 55.9 Å². The Morgan fingerprint density at radius 1 is 0.964 bits per heavy atom. The van der Waals surface area contributed by atoms with Crippen molar-refractivity contribution in [2.24, 2.45) is 0 Å². The number of piperazine rings is 1. The maximum absolute atomic E-state index is 12.6. The molecule has 1 aromatic rings. The molecule has 2 aliphatic rings. The average Bonchev–Trinajstić information content (AvgIpc) is 2.99. The number of likely N-dealkylation sites (tertiary alicyclic amines) is 1. The van der Waals surface area contributed by atoms with Crippen molar-refractivity contribution in [3.05, 3.63) is 29.8 Å². The molecule has 0 bridgehead atoms. The Kier molecular flexibility index (Phi) is 7.45. The number of nitrogens with one attached hydrogen (secondary N) is 1. The molecule has 0 aromatic heterocycles. The van der Waals surface area contributed by atoms with Gasteiger partial charge < -0.3 is 10.2 Å². The quantitative estimate of drug-likeness (QED) is 0.844. The second-order valence-electron chi connectivity index (χ2n) is 8.09. The maximum atomic E-state index is 12.6. The number of anilines is 1. The summed E-state index contributed by atoms with van der Waals surface area (Å²) in [6, 6.07) is 7.67. The number of benzene rings is 1. The van der Waals surface area contributed by atoms with Gasteiger partial charge in [-0.2, -0.15) is 0 Å². The van der Waals surface area contributed by atoms with Crippen LogP contribution in [0.25, 0.3) is 0 Å². The number of nitrogens with zero attached hydrogens (tertiary/aromatic N) is 3. The minimum atomic E-state index is -0.178. The number of hydrogen-bond donors (Lipinski definition) is 1. The van der Waals surface area contributed by atoms with Gasteiger partial charge in [0, 0.05) is 45.0 Å². The van der Waals surface area contributed by atoms with Gasteiger partial charge in [0.25, 0.3) is 0 Å². The molecule has 2 heterocycles. The Morgan fingerprint density at radius 3 is 2.25 bits per heavy atom. The van der Waals surface area contributed by atoms with Crippen LogP contribution in [0.5, 0.6) is 0 Å². The smallest absolute Gasteiger partial charge is 0.241 e. The van der Waals surface area contributed by atoms with Gasteiger partial charge in [0.05, 0.1) is 12.6 Å². The fraction of sp³-hybridized carbons (Fsp3) is 0.636. The number of aryl methyl sites for hydroxylation is 1. The van der Waals surface area contributed by atoms with Gasteiger partial charge in [0.15, 0.2) is 0 Å².